The van der Waals surface area contributed by atoms with Crippen LogP contribution in [0.1, 0.15) is 26.3 Å². The van der Waals surface area contributed by atoms with Crippen LogP contribution in [0.15, 0.2) is 30.3 Å². The van der Waals surface area contributed by atoms with E-state index in [0.29, 0.717) is 0 Å². The highest BCUT2D eigenvalue weighted by Gasteiger charge is 2.43. The van der Waals surface area contributed by atoms with Gasteiger partial charge in [-0.25, -0.2) is 4.79 Å². The maximum absolute atomic E-state index is 12.1. The fourth-order valence-electron chi connectivity index (χ4n) is 2.05. The Bertz CT molecular complexity index is 492. The number of cyclic esters (lactones) is 1. The molecule has 5 heteroatoms. The predicted octanol–water partition coefficient (Wildman–Crippen LogP) is 2.55. The molecule has 1 aliphatic heterocycles. The average Bonchev–Trinajstić information content (AvgIpc) is 2.79. The molecule has 1 fully saturated rings. The second kappa shape index (κ2) is 5.53. The molecule has 20 heavy (non-hydrogen) atoms. The SMILES string of the molecule is CC(C)(C)[C@H]1OC(=O)CN1C(=O)OCc1ccccc1. The minimum absolute atomic E-state index is 0.0600. The molecule has 1 aromatic rings. The maximum Gasteiger partial charge on any atom is 0.413 e. The first-order chi connectivity index (χ1) is 9.38. The van der Waals surface area contributed by atoms with E-state index in [2.05, 4.69) is 0 Å². The van der Waals surface area contributed by atoms with Crippen LogP contribution in [0, 0.1) is 5.41 Å². The molecule has 5 nitrogen and oxygen atoms in total. The Kier molecular flexibility index (Phi) is 3.97. The van der Waals surface area contributed by atoms with Gasteiger partial charge in [-0.1, -0.05) is 51.1 Å². The van der Waals surface area contributed by atoms with Crippen LogP contribution in [0.2, 0.25) is 0 Å². The lowest BCUT2D eigenvalue weighted by Crippen LogP contribution is -2.44. The van der Waals surface area contributed by atoms with E-state index in [1.54, 1.807) is 0 Å². The van der Waals surface area contributed by atoms with Crippen molar-refractivity contribution in [3.05, 3.63) is 35.9 Å². The quantitative estimate of drug-likeness (QED) is 0.780. The van der Waals surface area contributed by atoms with Crippen LogP contribution in [-0.4, -0.2) is 29.7 Å². The number of rotatable bonds is 2. The minimum Gasteiger partial charge on any atom is -0.444 e. The van der Waals surface area contributed by atoms with Crippen LogP contribution in [0.25, 0.3) is 0 Å². The zero-order valence-corrected chi connectivity index (χ0v) is 12.0. The Morgan fingerprint density at radius 1 is 1.35 bits per heavy atom. The number of benzene rings is 1. The lowest BCUT2D eigenvalue weighted by molar-refractivity contribution is -0.146. The Labute approximate surface area is 118 Å². The number of hydrogen-bond donors (Lipinski definition) is 0. The van der Waals surface area contributed by atoms with E-state index in [1.807, 2.05) is 51.1 Å². The van der Waals surface area contributed by atoms with Crippen molar-refractivity contribution in [1.29, 1.82) is 0 Å². The van der Waals surface area contributed by atoms with Crippen molar-refractivity contribution in [2.24, 2.45) is 5.41 Å². The van der Waals surface area contributed by atoms with Crippen molar-refractivity contribution < 1.29 is 19.1 Å². The fraction of sp³-hybridized carbons (Fsp3) is 0.467. The number of carbonyl (C=O) groups is 2. The smallest absolute Gasteiger partial charge is 0.413 e. The van der Waals surface area contributed by atoms with Crippen LogP contribution >= 0.6 is 0 Å². The summed E-state index contributed by atoms with van der Waals surface area (Å²) >= 11 is 0. The first-order valence-electron chi connectivity index (χ1n) is 6.55. The van der Waals surface area contributed by atoms with Crippen LogP contribution in [0.5, 0.6) is 0 Å². The lowest BCUT2D eigenvalue weighted by atomic mass is 9.94. The van der Waals surface area contributed by atoms with Crippen molar-refractivity contribution >= 4 is 12.1 Å². The van der Waals surface area contributed by atoms with Crippen LogP contribution < -0.4 is 0 Å². The molecule has 0 spiro atoms. The summed E-state index contributed by atoms with van der Waals surface area (Å²) in [7, 11) is 0. The number of esters is 1. The van der Waals surface area contributed by atoms with Gasteiger partial charge in [0.2, 0.25) is 0 Å². The van der Waals surface area contributed by atoms with E-state index < -0.39 is 18.3 Å². The highest BCUT2D eigenvalue weighted by molar-refractivity contribution is 5.81. The molecule has 1 aromatic carbocycles. The zero-order chi connectivity index (χ0) is 14.8. The van der Waals surface area contributed by atoms with Crippen molar-refractivity contribution in [1.82, 2.24) is 4.90 Å². The van der Waals surface area contributed by atoms with Gasteiger partial charge in [0.25, 0.3) is 0 Å². The number of hydrogen-bond acceptors (Lipinski definition) is 4. The van der Waals surface area contributed by atoms with Crippen molar-refractivity contribution in [3.63, 3.8) is 0 Å². The summed E-state index contributed by atoms with van der Waals surface area (Å²) in [5, 5.41) is 0. The fourth-order valence-corrected chi connectivity index (χ4v) is 2.05. The van der Waals surface area contributed by atoms with Crippen molar-refractivity contribution in [2.75, 3.05) is 6.54 Å². The molecule has 1 heterocycles. The first-order valence-corrected chi connectivity index (χ1v) is 6.55. The van der Waals surface area contributed by atoms with Gasteiger partial charge in [-0.15, -0.1) is 0 Å². The molecule has 0 saturated carbocycles. The van der Waals surface area contributed by atoms with Crippen molar-refractivity contribution in [3.8, 4) is 0 Å². The molecule has 108 valence electrons. The lowest BCUT2D eigenvalue weighted by Gasteiger charge is -2.31. The standard InChI is InChI=1S/C15H19NO4/c1-15(2,3)13-16(9-12(17)20-13)14(18)19-10-11-7-5-4-6-8-11/h4-8,13H,9-10H2,1-3H3/t13-/m1/s1. The molecule has 1 aliphatic rings. The van der Waals surface area contributed by atoms with Crippen LogP contribution in [0.4, 0.5) is 4.79 Å². The monoisotopic (exact) mass is 277 g/mol. The molecule has 0 unspecified atom stereocenters. The Hall–Kier alpha value is -2.04. The summed E-state index contributed by atoms with van der Waals surface area (Å²) < 4.78 is 10.4. The molecule has 0 aromatic heterocycles. The van der Waals surface area contributed by atoms with Gasteiger partial charge in [0.15, 0.2) is 6.23 Å². The van der Waals surface area contributed by atoms with Gasteiger partial charge in [-0.05, 0) is 5.56 Å². The second-order valence-electron chi connectivity index (χ2n) is 5.88. The number of amides is 1. The van der Waals surface area contributed by atoms with E-state index in [0.717, 1.165) is 5.56 Å². The molecular formula is C15H19NO4. The van der Waals surface area contributed by atoms with Crippen LogP contribution in [-0.2, 0) is 20.9 Å². The van der Waals surface area contributed by atoms with Gasteiger partial charge in [0, 0.05) is 5.41 Å². The topological polar surface area (TPSA) is 55.8 Å². The first kappa shape index (κ1) is 14.4. The van der Waals surface area contributed by atoms with E-state index >= 15 is 0 Å². The van der Waals surface area contributed by atoms with Gasteiger partial charge in [-0.3, -0.25) is 9.69 Å². The summed E-state index contributed by atoms with van der Waals surface area (Å²) in [6, 6.07) is 9.40. The van der Waals surface area contributed by atoms with E-state index in [-0.39, 0.29) is 18.6 Å². The number of nitrogens with zero attached hydrogens (tertiary/aromatic N) is 1. The molecule has 0 bridgehead atoms. The van der Waals surface area contributed by atoms with Crippen molar-refractivity contribution in [2.45, 2.75) is 33.6 Å². The third-order valence-electron chi connectivity index (χ3n) is 3.01. The van der Waals surface area contributed by atoms with Gasteiger partial charge in [0.1, 0.15) is 13.2 Å². The summed E-state index contributed by atoms with van der Waals surface area (Å²) in [6.07, 6.45) is -1.11. The van der Waals surface area contributed by atoms with Gasteiger partial charge < -0.3 is 9.47 Å². The number of carbonyl (C=O) groups excluding carboxylic acids is 2. The normalized spacial score (nSPS) is 18.9. The van der Waals surface area contributed by atoms with E-state index in [4.69, 9.17) is 9.47 Å². The number of ether oxygens (including phenoxy) is 2. The van der Waals surface area contributed by atoms with Gasteiger partial charge in [-0.2, -0.15) is 0 Å². The minimum atomic E-state index is -0.585. The molecule has 0 radical (unpaired) electrons. The molecular weight excluding hydrogens is 258 g/mol. The van der Waals surface area contributed by atoms with E-state index in [1.165, 1.54) is 4.90 Å². The third-order valence-corrected chi connectivity index (χ3v) is 3.01. The Morgan fingerprint density at radius 2 is 2.00 bits per heavy atom. The molecule has 1 amide bonds. The Balaban J connectivity index is 1.99. The molecule has 1 atom stereocenters. The molecule has 0 N–H and O–H groups in total. The molecule has 2 rings (SSSR count). The summed E-state index contributed by atoms with van der Waals surface area (Å²) in [5.41, 5.74) is 0.553. The summed E-state index contributed by atoms with van der Waals surface area (Å²) in [4.78, 5) is 24.8. The summed E-state index contributed by atoms with van der Waals surface area (Å²) in [6.45, 7) is 5.85. The van der Waals surface area contributed by atoms with Gasteiger partial charge in [0.05, 0.1) is 0 Å². The van der Waals surface area contributed by atoms with Gasteiger partial charge >= 0.3 is 12.1 Å². The highest BCUT2D eigenvalue weighted by Crippen LogP contribution is 2.29. The Morgan fingerprint density at radius 3 is 2.60 bits per heavy atom. The largest absolute Gasteiger partial charge is 0.444 e. The van der Waals surface area contributed by atoms with Crippen LogP contribution in [0.3, 0.4) is 0 Å². The average molecular weight is 277 g/mol. The third kappa shape index (κ3) is 3.29. The highest BCUT2D eigenvalue weighted by atomic mass is 16.6. The maximum atomic E-state index is 12.1. The molecule has 0 aliphatic carbocycles. The van der Waals surface area contributed by atoms with E-state index in [9.17, 15) is 9.59 Å². The second-order valence-corrected chi connectivity index (χ2v) is 5.88. The predicted molar refractivity (Wildman–Crippen MR) is 72.7 cm³/mol. The zero-order valence-electron chi connectivity index (χ0n) is 12.0. The molecule has 1 saturated heterocycles. The summed E-state index contributed by atoms with van der Waals surface area (Å²) in [5.74, 6) is -0.401.